The predicted molar refractivity (Wildman–Crippen MR) is 110 cm³/mol. The topological polar surface area (TPSA) is 85.2 Å². The molecular formula is C22H22F2N4O3. The van der Waals surface area contributed by atoms with Crippen LogP contribution < -0.4 is 15.4 Å². The van der Waals surface area contributed by atoms with Gasteiger partial charge in [-0.25, -0.2) is 4.98 Å². The fourth-order valence-electron chi connectivity index (χ4n) is 2.89. The molecule has 1 aromatic heterocycles. The summed E-state index contributed by atoms with van der Waals surface area (Å²) in [6.07, 6.45) is 2.66. The molecule has 0 aliphatic carbocycles. The number of nitrogens with one attached hydrogen (secondary N) is 2. The lowest BCUT2D eigenvalue weighted by molar-refractivity contribution is -0.120. The van der Waals surface area contributed by atoms with Crippen molar-refractivity contribution in [1.29, 1.82) is 0 Å². The van der Waals surface area contributed by atoms with Crippen LogP contribution in [0.4, 0.5) is 8.78 Å². The lowest BCUT2D eigenvalue weighted by Gasteiger charge is -2.09. The summed E-state index contributed by atoms with van der Waals surface area (Å²) < 4.78 is 31.4. The lowest BCUT2D eigenvalue weighted by Crippen LogP contribution is -2.25. The number of amides is 2. The van der Waals surface area contributed by atoms with Crippen molar-refractivity contribution in [2.45, 2.75) is 26.1 Å². The number of halogens is 2. The average Bonchev–Trinajstić information content (AvgIpc) is 3.26. The Morgan fingerprint density at radius 1 is 1.00 bits per heavy atom. The molecule has 162 valence electrons. The Morgan fingerprint density at radius 2 is 1.68 bits per heavy atom. The smallest absolute Gasteiger partial charge is 0.319 e. The van der Waals surface area contributed by atoms with E-state index in [4.69, 9.17) is 4.74 Å². The van der Waals surface area contributed by atoms with E-state index < -0.39 is 12.5 Å². The van der Waals surface area contributed by atoms with E-state index in [1.54, 1.807) is 43.5 Å². The molecule has 0 radical (unpaired) electrons. The fraction of sp³-hybridized carbons (Fsp3) is 0.227. The zero-order chi connectivity index (χ0) is 22.2. The highest BCUT2D eigenvalue weighted by molar-refractivity contribution is 5.94. The van der Waals surface area contributed by atoms with Gasteiger partial charge < -0.3 is 15.4 Å². The maximum atomic E-state index is 12.8. The van der Waals surface area contributed by atoms with Crippen molar-refractivity contribution in [2.75, 3.05) is 7.11 Å². The van der Waals surface area contributed by atoms with Crippen molar-refractivity contribution in [1.82, 2.24) is 20.2 Å². The number of carbonyl (C=O) groups is 2. The molecule has 0 spiro atoms. The van der Waals surface area contributed by atoms with Crippen LogP contribution in [0, 0.1) is 0 Å². The number of hydrogen-bond donors (Lipinski definition) is 2. The molecule has 0 bridgehead atoms. The summed E-state index contributed by atoms with van der Waals surface area (Å²) in [6.45, 7) is -2.50. The van der Waals surface area contributed by atoms with Gasteiger partial charge in [-0.3, -0.25) is 14.2 Å². The Morgan fingerprint density at radius 3 is 2.32 bits per heavy atom. The number of alkyl halides is 2. The van der Waals surface area contributed by atoms with Gasteiger partial charge in [0.1, 0.15) is 11.6 Å². The second kappa shape index (κ2) is 10.3. The molecule has 1 heterocycles. The van der Waals surface area contributed by atoms with Gasteiger partial charge in [0.2, 0.25) is 5.91 Å². The lowest BCUT2D eigenvalue weighted by atomic mass is 10.1. The Labute approximate surface area is 178 Å². The summed E-state index contributed by atoms with van der Waals surface area (Å²) in [5.41, 5.74) is 2.08. The van der Waals surface area contributed by atoms with E-state index >= 15 is 0 Å². The van der Waals surface area contributed by atoms with Crippen LogP contribution >= 0.6 is 0 Å². The van der Waals surface area contributed by atoms with Crippen molar-refractivity contribution < 1.29 is 23.1 Å². The van der Waals surface area contributed by atoms with Gasteiger partial charge in [0.15, 0.2) is 0 Å². The number of aromatic nitrogens is 2. The van der Waals surface area contributed by atoms with Gasteiger partial charge in [-0.05, 0) is 35.4 Å². The number of benzene rings is 2. The summed E-state index contributed by atoms with van der Waals surface area (Å²) >= 11 is 0. The van der Waals surface area contributed by atoms with E-state index in [1.165, 1.54) is 6.20 Å². The molecular weight excluding hydrogens is 406 g/mol. The van der Waals surface area contributed by atoms with Crippen LogP contribution in [-0.2, 0) is 24.3 Å². The van der Waals surface area contributed by atoms with Crippen molar-refractivity contribution in [3.63, 3.8) is 0 Å². The number of rotatable bonds is 9. The fourth-order valence-corrected chi connectivity index (χ4v) is 2.89. The van der Waals surface area contributed by atoms with Gasteiger partial charge in [0, 0.05) is 24.5 Å². The first-order valence-corrected chi connectivity index (χ1v) is 9.53. The highest BCUT2D eigenvalue weighted by Gasteiger charge is 2.13. The van der Waals surface area contributed by atoms with E-state index in [2.05, 4.69) is 15.6 Å². The summed E-state index contributed by atoms with van der Waals surface area (Å²) in [7, 11) is 1.58. The quantitative estimate of drug-likeness (QED) is 0.549. The third-order valence-corrected chi connectivity index (χ3v) is 4.60. The van der Waals surface area contributed by atoms with Gasteiger partial charge in [0.05, 0.1) is 20.1 Å². The minimum atomic E-state index is -2.71. The second-order valence-electron chi connectivity index (χ2n) is 6.71. The number of ether oxygens (including phenoxy) is 1. The van der Waals surface area contributed by atoms with Crippen molar-refractivity contribution in [2.24, 2.45) is 0 Å². The van der Waals surface area contributed by atoms with Gasteiger partial charge in [-0.15, -0.1) is 0 Å². The van der Waals surface area contributed by atoms with Crippen LogP contribution in [0.5, 0.6) is 5.75 Å². The monoisotopic (exact) mass is 428 g/mol. The first kappa shape index (κ1) is 21.9. The maximum absolute atomic E-state index is 12.8. The minimum Gasteiger partial charge on any atom is -0.497 e. The predicted octanol–water partition coefficient (Wildman–Crippen LogP) is 3.08. The maximum Gasteiger partial charge on any atom is 0.319 e. The van der Waals surface area contributed by atoms with E-state index in [1.807, 2.05) is 12.1 Å². The van der Waals surface area contributed by atoms with E-state index in [0.29, 0.717) is 16.7 Å². The molecule has 31 heavy (non-hydrogen) atoms. The molecule has 0 saturated heterocycles. The molecule has 3 aromatic rings. The molecule has 0 aliphatic heterocycles. The van der Waals surface area contributed by atoms with Crippen molar-refractivity contribution in [3.05, 3.63) is 83.4 Å². The first-order chi connectivity index (χ1) is 15.0. The van der Waals surface area contributed by atoms with Gasteiger partial charge in [0.25, 0.3) is 5.91 Å². The van der Waals surface area contributed by atoms with Gasteiger partial charge in [-0.2, -0.15) is 8.78 Å². The highest BCUT2D eigenvalue weighted by Crippen LogP contribution is 2.13. The standard InChI is InChI=1S/C22H22F2N4O3/c1-31-18-8-4-15(5-9-18)12-20(29)26-13-16-2-6-17(7-3-16)21(30)27-14-19-25-10-11-28(19)22(23)24/h2-11,22H,12-14H2,1H3,(H,26,29)(H,27,30). The Kier molecular flexibility index (Phi) is 7.31. The summed E-state index contributed by atoms with van der Waals surface area (Å²) in [4.78, 5) is 28.2. The Bertz CT molecular complexity index is 1020. The first-order valence-electron chi connectivity index (χ1n) is 9.53. The number of imidazole rings is 1. The molecule has 0 unspecified atom stereocenters. The van der Waals surface area contributed by atoms with Crippen molar-refractivity contribution >= 4 is 11.8 Å². The van der Waals surface area contributed by atoms with Gasteiger partial charge >= 0.3 is 6.55 Å². The third kappa shape index (κ3) is 6.11. The number of carbonyl (C=O) groups excluding carboxylic acids is 2. The Hall–Kier alpha value is -3.75. The summed E-state index contributed by atoms with van der Waals surface area (Å²) in [5.74, 6) is 0.271. The van der Waals surface area contributed by atoms with Crippen LogP contribution in [0.3, 0.4) is 0 Å². The average molecular weight is 428 g/mol. The van der Waals surface area contributed by atoms with E-state index in [0.717, 1.165) is 23.1 Å². The Balaban J connectivity index is 1.47. The van der Waals surface area contributed by atoms with Gasteiger partial charge in [-0.1, -0.05) is 24.3 Å². The molecule has 7 nitrogen and oxygen atoms in total. The van der Waals surface area contributed by atoms with E-state index in [-0.39, 0.29) is 24.7 Å². The van der Waals surface area contributed by atoms with Crippen LogP contribution in [-0.4, -0.2) is 28.5 Å². The third-order valence-electron chi connectivity index (χ3n) is 4.60. The molecule has 0 fully saturated rings. The molecule has 2 N–H and O–H groups in total. The van der Waals surface area contributed by atoms with Crippen molar-refractivity contribution in [3.8, 4) is 5.75 Å². The van der Waals surface area contributed by atoms with Crippen LogP contribution in [0.1, 0.15) is 33.9 Å². The van der Waals surface area contributed by atoms with E-state index in [9.17, 15) is 18.4 Å². The highest BCUT2D eigenvalue weighted by atomic mass is 19.3. The van der Waals surface area contributed by atoms with Crippen LogP contribution in [0.2, 0.25) is 0 Å². The zero-order valence-corrected chi connectivity index (χ0v) is 16.8. The number of nitrogens with zero attached hydrogens (tertiary/aromatic N) is 2. The molecule has 0 aliphatic rings. The molecule has 2 amide bonds. The largest absolute Gasteiger partial charge is 0.497 e. The van der Waals surface area contributed by atoms with Crippen LogP contribution in [0.15, 0.2) is 60.9 Å². The molecule has 0 atom stereocenters. The summed E-state index contributed by atoms with van der Waals surface area (Å²) in [6, 6.07) is 13.9. The number of hydrogen-bond acceptors (Lipinski definition) is 4. The summed E-state index contributed by atoms with van der Waals surface area (Å²) in [5, 5.41) is 5.40. The number of methoxy groups -OCH3 is 1. The SMILES string of the molecule is COc1ccc(CC(=O)NCc2ccc(C(=O)NCc3nccn3C(F)F)cc2)cc1. The molecule has 3 rings (SSSR count). The van der Waals surface area contributed by atoms with Crippen LogP contribution in [0.25, 0.3) is 0 Å². The normalized spacial score (nSPS) is 10.7. The molecule has 2 aromatic carbocycles. The second-order valence-corrected chi connectivity index (χ2v) is 6.71. The molecule has 9 heteroatoms. The zero-order valence-electron chi connectivity index (χ0n) is 16.8. The molecule has 0 saturated carbocycles. The minimum absolute atomic E-state index is 0.0690.